The molecule has 0 amide bonds. The van der Waals surface area contributed by atoms with E-state index in [0.29, 0.717) is 11.1 Å². The molecule has 2 aromatic carbocycles. The molecule has 2 aromatic heterocycles. The van der Waals surface area contributed by atoms with Gasteiger partial charge in [-0.1, -0.05) is 32.0 Å². The van der Waals surface area contributed by atoms with Gasteiger partial charge in [0, 0.05) is 5.39 Å². The molecule has 0 radical (unpaired) electrons. The monoisotopic (exact) mass is 334 g/mol. The molecule has 0 bridgehead atoms. The van der Waals surface area contributed by atoms with Crippen molar-refractivity contribution in [1.29, 1.82) is 0 Å². The molecular formula is C19H18N4O2. The maximum atomic E-state index is 11.9. The molecule has 0 saturated heterocycles. The van der Waals surface area contributed by atoms with E-state index in [4.69, 9.17) is 0 Å². The molecule has 0 aliphatic heterocycles. The second-order valence-electron chi connectivity index (χ2n) is 6.55. The Morgan fingerprint density at radius 1 is 1.08 bits per heavy atom. The first-order valence-corrected chi connectivity index (χ1v) is 8.13. The third-order valence-electron chi connectivity index (χ3n) is 4.85. The van der Waals surface area contributed by atoms with E-state index in [1.54, 1.807) is 24.8 Å². The zero-order valence-corrected chi connectivity index (χ0v) is 13.9. The number of imidazole rings is 1. The molecule has 0 fully saturated rings. The van der Waals surface area contributed by atoms with Gasteiger partial charge in [-0.3, -0.25) is 4.79 Å². The Balaban J connectivity index is 1.98. The minimum atomic E-state index is -1.17. The van der Waals surface area contributed by atoms with Crippen LogP contribution < -0.4 is 5.56 Å². The Morgan fingerprint density at radius 3 is 2.60 bits per heavy atom. The second kappa shape index (κ2) is 5.53. The topological polar surface area (TPSA) is 94.7 Å². The van der Waals surface area contributed by atoms with Gasteiger partial charge in [0.2, 0.25) is 0 Å². The lowest BCUT2D eigenvalue weighted by Crippen LogP contribution is -2.33. The highest BCUT2D eigenvalue weighted by molar-refractivity contribution is 6.06. The lowest BCUT2D eigenvalue weighted by molar-refractivity contribution is 0.0281. The normalized spacial score (nSPS) is 14.2. The number of nitrogens with zero attached hydrogens (tertiary/aromatic N) is 2. The van der Waals surface area contributed by atoms with Crippen molar-refractivity contribution in [3.05, 3.63) is 70.7 Å². The minimum Gasteiger partial charge on any atom is -0.379 e. The molecule has 25 heavy (non-hydrogen) atoms. The maximum absolute atomic E-state index is 11.9. The molecule has 2 heterocycles. The number of aliphatic hydroxyl groups is 1. The van der Waals surface area contributed by atoms with E-state index >= 15 is 0 Å². The first-order chi connectivity index (χ1) is 12.0. The van der Waals surface area contributed by atoms with Gasteiger partial charge < -0.3 is 10.1 Å². The van der Waals surface area contributed by atoms with Crippen LogP contribution in [0.15, 0.2) is 53.8 Å². The second-order valence-corrected chi connectivity index (χ2v) is 6.55. The maximum Gasteiger partial charge on any atom is 0.272 e. The van der Waals surface area contributed by atoms with Crippen molar-refractivity contribution in [3.63, 3.8) is 0 Å². The SMILES string of the molecule is CC(C)C(O)(c1ccc2c(ccc3c(=O)[nH]ncc32)c1)c1cnc[nH]1. The number of benzene rings is 2. The van der Waals surface area contributed by atoms with Crippen LogP contribution in [0, 0.1) is 5.92 Å². The Bertz CT molecular complexity index is 1120. The van der Waals surface area contributed by atoms with Gasteiger partial charge in [-0.05, 0) is 34.4 Å². The summed E-state index contributed by atoms with van der Waals surface area (Å²) in [5.41, 5.74) is 0.0447. The van der Waals surface area contributed by atoms with E-state index in [1.165, 1.54) is 0 Å². The number of hydrogen-bond acceptors (Lipinski definition) is 4. The Hall–Kier alpha value is -2.99. The van der Waals surface area contributed by atoms with Gasteiger partial charge in [0.25, 0.3) is 5.56 Å². The highest BCUT2D eigenvalue weighted by Gasteiger charge is 2.36. The summed E-state index contributed by atoms with van der Waals surface area (Å²) in [4.78, 5) is 19.0. The molecule has 0 aliphatic carbocycles. The molecule has 0 spiro atoms. The van der Waals surface area contributed by atoms with Gasteiger partial charge in [-0.2, -0.15) is 5.10 Å². The van der Waals surface area contributed by atoms with Crippen LogP contribution in [0.3, 0.4) is 0 Å². The standard InChI is InChI=1S/C19H18N4O2/c1-11(2)19(25,17-9-20-10-21-17)13-4-6-14-12(7-13)3-5-15-16(14)8-22-23-18(15)24/h3-11,25H,1-2H3,(H,20,21)(H,23,24). The van der Waals surface area contributed by atoms with Crippen molar-refractivity contribution in [3.8, 4) is 0 Å². The quantitative estimate of drug-likeness (QED) is 0.502. The smallest absolute Gasteiger partial charge is 0.272 e. The van der Waals surface area contributed by atoms with Crippen molar-refractivity contribution in [2.45, 2.75) is 19.4 Å². The van der Waals surface area contributed by atoms with Gasteiger partial charge in [0.15, 0.2) is 0 Å². The summed E-state index contributed by atoms with van der Waals surface area (Å²) in [5, 5.41) is 21.0. The predicted octanol–water partition coefficient (Wildman–Crippen LogP) is 2.69. The third kappa shape index (κ3) is 2.26. The van der Waals surface area contributed by atoms with Crippen LogP contribution in [-0.4, -0.2) is 25.3 Å². The minimum absolute atomic E-state index is 0.0598. The highest BCUT2D eigenvalue weighted by Crippen LogP contribution is 2.37. The Labute approximate surface area is 143 Å². The fraction of sp³-hybridized carbons (Fsp3) is 0.211. The molecule has 6 heteroatoms. The Morgan fingerprint density at radius 2 is 1.88 bits per heavy atom. The molecule has 6 nitrogen and oxygen atoms in total. The number of hydrogen-bond donors (Lipinski definition) is 3. The van der Waals surface area contributed by atoms with Crippen molar-refractivity contribution >= 4 is 21.5 Å². The number of aromatic nitrogens is 4. The molecule has 0 aliphatic rings. The van der Waals surface area contributed by atoms with Crippen LogP contribution in [0.4, 0.5) is 0 Å². The van der Waals surface area contributed by atoms with Gasteiger partial charge in [-0.15, -0.1) is 0 Å². The van der Waals surface area contributed by atoms with Gasteiger partial charge in [-0.25, -0.2) is 10.1 Å². The summed E-state index contributed by atoms with van der Waals surface area (Å²) in [5.74, 6) is -0.0598. The molecule has 1 unspecified atom stereocenters. The van der Waals surface area contributed by atoms with E-state index in [2.05, 4.69) is 20.2 Å². The fourth-order valence-electron chi connectivity index (χ4n) is 3.41. The first-order valence-electron chi connectivity index (χ1n) is 8.13. The summed E-state index contributed by atoms with van der Waals surface area (Å²) >= 11 is 0. The lowest BCUT2D eigenvalue weighted by Gasteiger charge is -2.32. The zero-order chi connectivity index (χ0) is 17.6. The average molecular weight is 334 g/mol. The highest BCUT2D eigenvalue weighted by atomic mass is 16.3. The molecular weight excluding hydrogens is 316 g/mol. The van der Waals surface area contributed by atoms with Gasteiger partial charge >= 0.3 is 0 Å². The van der Waals surface area contributed by atoms with Crippen LogP contribution in [0.5, 0.6) is 0 Å². The summed E-state index contributed by atoms with van der Waals surface area (Å²) in [6, 6.07) is 9.45. The van der Waals surface area contributed by atoms with E-state index in [0.717, 1.165) is 21.7 Å². The van der Waals surface area contributed by atoms with Crippen molar-refractivity contribution in [2.75, 3.05) is 0 Å². The molecule has 126 valence electrons. The van der Waals surface area contributed by atoms with Crippen molar-refractivity contribution in [2.24, 2.45) is 5.92 Å². The number of aromatic amines is 2. The first kappa shape index (κ1) is 15.5. The number of nitrogens with one attached hydrogen (secondary N) is 2. The summed E-state index contributed by atoms with van der Waals surface area (Å²) in [6.45, 7) is 3.93. The van der Waals surface area contributed by atoms with E-state index < -0.39 is 5.60 Å². The molecule has 0 saturated carbocycles. The Kier molecular flexibility index (Phi) is 3.43. The molecule has 1 atom stereocenters. The summed E-state index contributed by atoms with van der Waals surface area (Å²) < 4.78 is 0. The summed E-state index contributed by atoms with van der Waals surface area (Å²) in [7, 11) is 0. The molecule has 3 N–H and O–H groups in total. The average Bonchev–Trinajstić information content (AvgIpc) is 3.15. The van der Waals surface area contributed by atoms with Crippen LogP contribution in [0.25, 0.3) is 21.5 Å². The van der Waals surface area contributed by atoms with Crippen LogP contribution in [0.1, 0.15) is 25.1 Å². The van der Waals surface area contributed by atoms with E-state index in [1.807, 2.05) is 38.1 Å². The number of H-pyrrole nitrogens is 2. The summed E-state index contributed by atoms with van der Waals surface area (Å²) in [6.07, 6.45) is 4.87. The number of rotatable bonds is 3. The van der Waals surface area contributed by atoms with Crippen LogP contribution in [0.2, 0.25) is 0 Å². The van der Waals surface area contributed by atoms with E-state index in [-0.39, 0.29) is 11.5 Å². The fourth-order valence-corrected chi connectivity index (χ4v) is 3.41. The van der Waals surface area contributed by atoms with Crippen molar-refractivity contribution in [1.82, 2.24) is 20.2 Å². The van der Waals surface area contributed by atoms with Crippen LogP contribution >= 0.6 is 0 Å². The van der Waals surface area contributed by atoms with Crippen LogP contribution in [-0.2, 0) is 5.60 Å². The number of fused-ring (bicyclic) bond motifs is 3. The molecule has 4 rings (SSSR count). The third-order valence-corrected chi connectivity index (χ3v) is 4.85. The zero-order valence-electron chi connectivity index (χ0n) is 13.9. The van der Waals surface area contributed by atoms with Gasteiger partial charge in [0.05, 0.1) is 29.8 Å². The van der Waals surface area contributed by atoms with Gasteiger partial charge in [0.1, 0.15) is 5.60 Å². The lowest BCUT2D eigenvalue weighted by atomic mass is 9.80. The predicted molar refractivity (Wildman–Crippen MR) is 96.3 cm³/mol. The molecule has 4 aromatic rings. The largest absolute Gasteiger partial charge is 0.379 e. The van der Waals surface area contributed by atoms with Crippen molar-refractivity contribution < 1.29 is 5.11 Å². The van der Waals surface area contributed by atoms with E-state index in [9.17, 15) is 9.90 Å².